The highest BCUT2D eigenvalue weighted by Crippen LogP contribution is 2.64. The molecular weight excluding hydrogens is 405 g/mol. The quantitative estimate of drug-likeness (QED) is 0.650. The lowest BCUT2D eigenvalue weighted by Crippen LogP contribution is -2.62. The summed E-state index contributed by atoms with van der Waals surface area (Å²) in [6.07, 6.45) is 1.41. The van der Waals surface area contributed by atoms with Gasteiger partial charge in [-0.2, -0.15) is 5.10 Å². The standard InChI is InChI=1S/C21H16FN5O2S/c1-26-10-15(12-6-8-13(22)9-7-12)21(18(29)30-19-23-11-24-27(19)21)20(26)14-4-2-3-5-16(14)25-17(20)28/h2-9,11,15H,10H2,1H3,(H,25,28)/t15-,20-,21-/m0/s1. The zero-order valence-corrected chi connectivity index (χ0v) is 16.7. The Hall–Kier alpha value is -3.04. The molecule has 4 heterocycles. The van der Waals surface area contributed by atoms with E-state index in [4.69, 9.17) is 0 Å². The number of likely N-dealkylation sites (tertiary alicyclic amines) is 1. The van der Waals surface area contributed by atoms with Crippen LogP contribution in [-0.4, -0.2) is 44.3 Å². The number of hydrogen-bond acceptors (Lipinski definition) is 6. The molecule has 9 heteroatoms. The third kappa shape index (κ3) is 1.81. The lowest BCUT2D eigenvalue weighted by molar-refractivity contribution is -0.138. The highest BCUT2D eigenvalue weighted by atomic mass is 32.2. The Labute approximate surface area is 175 Å². The van der Waals surface area contributed by atoms with E-state index in [1.807, 2.05) is 36.2 Å². The van der Waals surface area contributed by atoms with Crippen LogP contribution in [0, 0.1) is 5.82 Å². The molecule has 7 nitrogen and oxygen atoms in total. The van der Waals surface area contributed by atoms with E-state index < -0.39 is 17.0 Å². The van der Waals surface area contributed by atoms with Crippen LogP contribution in [0.3, 0.4) is 0 Å². The van der Waals surface area contributed by atoms with E-state index in [1.165, 1.54) is 18.5 Å². The summed E-state index contributed by atoms with van der Waals surface area (Å²) < 4.78 is 15.3. The summed E-state index contributed by atoms with van der Waals surface area (Å²) in [5.74, 6) is -1.05. The van der Waals surface area contributed by atoms with Gasteiger partial charge in [0, 0.05) is 23.7 Å². The molecule has 1 aromatic heterocycles. The van der Waals surface area contributed by atoms with Crippen LogP contribution in [0.25, 0.3) is 0 Å². The molecule has 1 amide bonds. The van der Waals surface area contributed by atoms with Gasteiger partial charge in [-0.05, 0) is 42.6 Å². The second kappa shape index (κ2) is 5.77. The van der Waals surface area contributed by atoms with Crippen molar-refractivity contribution >= 4 is 28.5 Å². The lowest BCUT2D eigenvalue weighted by atomic mass is 9.68. The molecule has 0 bridgehead atoms. The molecular formula is C21H16FN5O2S. The van der Waals surface area contributed by atoms with Gasteiger partial charge in [-0.25, -0.2) is 14.1 Å². The summed E-state index contributed by atoms with van der Waals surface area (Å²) in [6.45, 7) is 0.416. The number of benzene rings is 2. The fourth-order valence-electron chi connectivity index (χ4n) is 5.51. The summed E-state index contributed by atoms with van der Waals surface area (Å²) in [7, 11) is 1.85. The van der Waals surface area contributed by atoms with Crippen LogP contribution >= 0.6 is 11.8 Å². The molecule has 0 aliphatic carbocycles. The van der Waals surface area contributed by atoms with Crippen molar-refractivity contribution in [2.45, 2.75) is 22.2 Å². The first kappa shape index (κ1) is 17.8. The fraction of sp³-hybridized carbons (Fsp3) is 0.238. The van der Waals surface area contributed by atoms with Crippen molar-refractivity contribution in [2.24, 2.45) is 0 Å². The van der Waals surface area contributed by atoms with E-state index in [-0.39, 0.29) is 16.8 Å². The second-order valence-electron chi connectivity index (χ2n) is 7.81. The summed E-state index contributed by atoms with van der Waals surface area (Å²) in [6, 6.07) is 13.6. The average molecular weight is 421 g/mol. The van der Waals surface area contributed by atoms with E-state index in [2.05, 4.69) is 15.4 Å². The molecule has 2 spiro atoms. The maximum absolute atomic E-state index is 13.8. The topological polar surface area (TPSA) is 80.1 Å². The molecule has 0 radical (unpaired) electrons. The number of fused-ring (bicyclic) bond motifs is 5. The number of nitrogens with one attached hydrogen (secondary N) is 1. The molecule has 3 aromatic rings. The highest BCUT2D eigenvalue weighted by molar-refractivity contribution is 8.14. The van der Waals surface area contributed by atoms with Crippen LogP contribution in [0.15, 0.2) is 60.0 Å². The van der Waals surface area contributed by atoms with Gasteiger partial charge >= 0.3 is 0 Å². The largest absolute Gasteiger partial charge is 0.324 e. The molecule has 3 aliphatic rings. The number of anilines is 1. The van der Waals surface area contributed by atoms with Crippen LogP contribution < -0.4 is 5.32 Å². The van der Waals surface area contributed by atoms with E-state index in [9.17, 15) is 14.0 Å². The molecule has 150 valence electrons. The Bertz CT molecular complexity index is 1230. The summed E-state index contributed by atoms with van der Waals surface area (Å²) in [5.41, 5.74) is -0.466. The Morgan fingerprint density at radius 2 is 1.93 bits per heavy atom. The van der Waals surface area contributed by atoms with Gasteiger partial charge in [0.25, 0.3) is 5.91 Å². The first-order valence-electron chi connectivity index (χ1n) is 9.51. The van der Waals surface area contributed by atoms with Gasteiger partial charge in [-0.15, -0.1) is 0 Å². The SMILES string of the molecule is CN1C[C@@H](c2ccc(F)cc2)[C@]2(C(=O)Sc3ncnn32)[C@]12C(=O)Nc1ccccc12. The minimum Gasteiger partial charge on any atom is -0.324 e. The molecule has 3 aliphatic heterocycles. The molecule has 6 rings (SSSR count). The fourth-order valence-corrected chi connectivity index (χ4v) is 6.58. The van der Waals surface area contributed by atoms with Crippen molar-refractivity contribution in [1.82, 2.24) is 19.7 Å². The Kier molecular flexibility index (Phi) is 3.42. The number of carbonyl (C=O) groups excluding carboxylic acids is 2. The first-order chi connectivity index (χ1) is 14.5. The lowest BCUT2D eigenvalue weighted by Gasteiger charge is -2.42. The number of amides is 1. The zero-order valence-electron chi connectivity index (χ0n) is 15.9. The Morgan fingerprint density at radius 3 is 2.73 bits per heavy atom. The summed E-state index contributed by atoms with van der Waals surface area (Å²) in [4.78, 5) is 33.7. The molecule has 0 unspecified atom stereocenters. The van der Waals surface area contributed by atoms with Crippen molar-refractivity contribution in [1.29, 1.82) is 0 Å². The van der Waals surface area contributed by atoms with Crippen LogP contribution in [0.5, 0.6) is 0 Å². The van der Waals surface area contributed by atoms with Crippen LogP contribution in [0.4, 0.5) is 10.1 Å². The molecule has 1 saturated heterocycles. The number of halogens is 1. The molecule has 1 fully saturated rings. The van der Waals surface area contributed by atoms with Crippen molar-refractivity contribution in [3.8, 4) is 0 Å². The van der Waals surface area contributed by atoms with Crippen molar-refractivity contribution in [3.63, 3.8) is 0 Å². The highest BCUT2D eigenvalue weighted by Gasteiger charge is 2.77. The Balaban J connectivity index is 1.72. The number of rotatable bonds is 1. The molecule has 0 saturated carbocycles. The predicted octanol–water partition coefficient (Wildman–Crippen LogP) is 2.32. The van der Waals surface area contributed by atoms with Crippen LogP contribution in [-0.2, 0) is 20.7 Å². The molecule has 2 aromatic carbocycles. The van der Waals surface area contributed by atoms with Crippen molar-refractivity contribution in [3.05, 3.63) is 71.8 Å². The normalized spacial score (nSPS) is 29.6. The van der Waals surface area contributed by atoms with Gasteiger partial charge in [0.05, 0.1) is 0 Å². The van der Waals surface area contributed by atoms with Gasteiger partial charge in [0.15, 0.2) is 16.2 Å². The van der Waals surface area contributed by atoms with Gasteiger partial charge in [-0.3, -0.25) is 14.5 Å². The number of thioether (sulfide) groups is 1. The van der Waals surface area contributed by atoms with Gasteiger partial charge in [0.1, 0.15) is 12.1 Å². The average Bonchev–Trinajstić information content (AvgIpc) is 3.44. The number of hydrogen-bond donors (Lipinski definition) is 1. The van der Waals surface area contributed by atoms with E-state index in [1.54, 1.807) is 16.8 Å². The van der Waals surface area contributed by atoms with Crippen molar-refractivity contribution in [2.75, 3.05) is 18.9 Å². The maximum Gasteiger partial charge on any atom is 0.252 e. The van der Waals surface area contributed by atoms with Crippen LogP contribution in [0.2, 0.25) is 0 Å². The zero-order chi connectivity index (χ0) is 20.7. The van der Waals surface area contributed by atoms with E-state index in [0.29, 0.717) is 17.4 Å². The first-order valence-corrected chi connectivity index (χ1v) is 10.3. The third-order valence-corrected chi connectivity index (χ3v) is 7.55. The summed E-state index contributed by atoms with van der Waals surface area (Å²) >= 11 is 1.00. The third-order valence-electron chi connectivity index (χ3n) is 6.60. The number of likely N-dealkylation sites (N-methyl/N-ethyl adjacent to an activating group) is 1. The van der Waals surface area contributed by atoms with E-state index in [0.717, 1.165) is 22.9 Å². The number of nitrogens with zero attached hydrogens (tertiary/aromatic N) is 4. The molecule has 30 heavy (non-hydrogen) atoms. The summed E-state index contributed by atoms with van der Waals surface area (Å²) in [5, 5.41) is 7.66. The van der Waals surface area contributed by atoms with Gasteiger partial charge in [-0.1, -0.05) is 30.3 Å². The minimum atomic E-state index is -1.35. The maximum atomic E-state index is 13.8. The molecule has 1 N–H and O–H groups in total. The monoisotopic (exact) mass is 421 g/mol. The van der Waals surface area contributed by atoms with Gasteiger partial charge < -0.3 is 5.32 Å². The van der Waals surface area contributed by atoms with Crippen LogP contribution in [0.1, 0.15) is 17.0 Å². The second-order valence-corrected chi connectivity index (χ2v) is 8.75. The van der Waals surface area contributed by atoms with Crippen molar-refractivity contribution < 1.29 is 14.0 Å². The number of para-hydroxylation sites is 1. The Morgan fingerprint density at radius 1 is 1.17 bits per heavy atom. The number of aromatic nitrogens is 3. The number of carbonyl (C=O) groups is 2. The minimum absolute atomic E-state index is 0.191. The molecule has 3 atom stereocenters. The van der Waals surface area contributed by atoms with Gasteiger partial charge in [0.2, 0.25) is 5.12 Å². The van der Waals surface area contributed by atoms with E-state index >= 15 is 0 Å². The predicted molar refractivity (Wildman–Crippen MR) is 107 cm³/mol. The smallest absolute Gasteiger partial charge is 0.252 e.